The predicted octanol–water partition coefficient (Wildman–Crippen LogP) is 6.53. The number of Topliss-reactive ketones (excluding diaryl/α,β-unsaturated/α-hetero) is 1. The quantitative estimate of drug-likeness (QED) is 0.380. The smallest absolute Gasteiger partial charge is 0.165 e. The lowest BCUT2D eigenvalue weighted by atomic mass is 9.82. The second kappa shape index (κ2) is 7.62. The maximum Gasteiger partial charge on any atom is 0.165 e. The average Bonchev–Trinajstić information content (AvgIpc) is 3.15. The van der Waals surface area contributed by atoms with Crippen LogP contribution in [-0.2, 0) is 6.42 Å². The van der Waals surface area contributed by atoms with E-state index in [0.717, 1.165) is 39.1 Å². The van der Waals surface area contributed by atoms with Crippen LogP contribution in [0.1, 0.15) is 34.0 Å². The SMILES string of the molecule is O=C1C[C@@H](c2ccccc2)Cc2c1cc(-c1ccc(Br)cc1)n2-c1cccc(O)c1. The van der Waals surface area contributed by atoms with Crippen LogP contribution in [-0.4, -0.2) is 15.5 Å². The van der Waals surface area contributed by atoms with E-state index >= 15 is 0 Å². The van der Waals surface area contributed by atoms with Crippen LogP contribution >= 0.6 is 15.9 Å². The van der Waals surface area contributed by atoms with Crippen molar-refractivity contribution in [1.82, 2.24) is 4.57 Å². The van der Waals surface area contributed by atoms with Gasteiger partial charge in [-0.25, -0.2) is 0 Å². The number of fused-ring (bicyclic) bond motifs is 1. The summed E-state index contributed by atoms with van der Waals surface area (Å²) in [7, 11) is 0. The van der Waals surface area contributed by atoms with Crippen LogP contribution in [0.5, 0.6) is 5.75 Å². The predicted molar refractivity (Wildman–Crippen MR) is 122 cm³/mol. The van der Waals surface area contributed by atoms with Crippen LogP contribution in [0.3, 0.4) is 0 Å². The van der Waals surface area contributed by atoms with Crippen molar-refractivity contribution in [2.75, 3.05) is 0 Å². The van der Waals surface area contributed by atoms with Crippen LogP contribution in [0.15, 0.2) is 89.4 Å². The van der Waals surface area contributed by atoms with Crippen LogP contribution in [0.25, 0.3) is 16.9 Å². The summed E-state index contributed by atoms with van der Waals surface area (Å²) >= 11 is 3.50. The highest BCUT2D eigenvalue weighted by molar-refractivity contribution is 9.10. The number of phenolic OH excluding ortho intramolecular Hbond substituents is 1. The maximum atomic E-state index is 13.1. The van der Waals surface area contributed by atoms with Crippen molar-refractivity contribution in [3.8, 4) is 22.7 Å². The Morgan fingerprint density at radius 3 is 2.37 bits per heavy atom. The van der Waals surface area contributed by atoms with E-state index in [1.165, 1.54) is 5.56 Å². The number of aromatic nitrogens is 1. The van der Waals surface area contributed by atoms with E-state index in [4.69, 9.17) is 0 Å². The largest absolute Gasteiger partial charge is 0.508 e. The van der Waals surface area contributed by atoms with Gasteiger partial charge in [0, 0.05) is 33.9 Å². The highest BCUT2D eigenvalue weighted by Gasteiger charge is 2.31. The molecule has 0 radical (unpaired) electrons. The molecule has 1 atom stereocenters. The number of halogens is 1. The molecule has 1 aromatic heterocycles. The fraction of sp³-hybridized carbons (Fsp3) is 0.115. The van der Waals surface area contributed by atoms with Gasteiger partial charge in [0.2, 0.25) is 0 Å². The molecule has 0 fully saturated rings. The van der Waals surface area contributed by atoms with Crippen molar-refractivity contribution >= 4 is 21.7 Å². The third-order valence-corrected chi connectivity index (χ3v) is 6.30. The molecule has 0 amide bonds. The molecule has 1 heterocycles. The molecule has 4 heteroatoms. The van der Waals surface area contributed by atoms with E-state index in [-0.39, 0.29) is 17.5 Å². The Morgan fingerprint density at radius 1 is 0.867 bits per heavy atom. The molecule has 0 spiro atoms. The zero-order chi connectivity index (χ0) is 20.7. The topological polar surface area (TPSA) is 42.2 Å². The van der Waals surface area contributed by atoms with Gasteiger partial charge in [0.1, 0.15) is 5.75 Å². The molecule has 148 valence electrons. The molecule has 0 saturated carbocycles. The normalized spacial score (nSPS) is 15.8. The van der Waals surface area contributed by atoms with E-state index in [1.807, 2.05) is 60.7 Å². The Morgan fingerprint density at radius 2 is 1.63 bits per heavy atom. The lowest BCUT2D eigenvalue weighted by molar-refractivity contribution is 0.0963. The molecule has 0 aliphatic heterocycles. The minimum atomic E-state index is 0.148. The van der Waals surface area contributed by atoms with Crippen molar-refractivity contribution < 1.29 is 9.90 Å². The van der Waals surface area contributed by atoms with E-state index in [9.17, 15) is 9.90 Å². The van der Waals surface area contributed by atoms with Crippen molar-refractivity contribution in [3.63, 3.8) is 0 Å². The number of benzene rings is 3. The molecule has 0 unspecified atom stereocenters. The van der Waals surface area contributed by atoms with Crippen LogP contribution in [0, 0.1) is 0 Å². The maximum absolute atomic E-state index is 13.1. The molecule has 1 aliphatic carbocycles. The third-order valence-electron chi connectivity index (χ3n) is 5.77. The van der Waals surface area contributed by atoms with Crippen LogP contribution < -0.4 is 0 Å². The number of aromatic hydroxyl groups is 1. The molecule has 1 N–H and O–H groups in total. The van der Waals surface area contributed by atoms with Crippen molar-refractivity contribution in [1.29, 1.82) is 0 Å². The van der Waals surface area contributed by atoms with Gasteiger partial charge in [0.15, 0.2) is 5.78 Å². The fourth-order valence-corrected chi connectivity index (χ4v) is 4.62. The van der Waals surface area contributed by atoms with Gasteiger partial charge < -0.3 is 9.67 Å². The van der Waals surface area contributed by atoms with Crippen molar-refractivity contribution in [2.45, 2.75) is 18.8 Å². The molecule has 3 nitrogen and oxygen atoms in total. The summed E-state index contributed by atoms with van der Waals surface area (Å²) in [4.78, 5) is 13.1. The number of phenols is 1. The first kappa shape index (κ1) is 18.9. The standard InChI is InChI=1S/C26H20BrNO2/c27-20-11-9-18(10-12-20)24-16-23-25(28(24)21-7-4-8-22(29)15-21)13-19(14-26(23)30)17-5-2-1-3-6-17/h1-12,15-16,19,29H,13-14H2/t19-/m0/s1. The molecule has 3 aromatic carbocycles. The average molecular weight is 458 g/mol. The summed E-state index contributed by atoms with van der Waals surface area (Å²) in [6.07, 6.45) is 1.29. The van der Waals surface area contributed by atoms with Gasteiger partial charge in [0.05, 0.1) is 5.69 Å². The van der Waals surface area contributed by atoms with E-state index in [0.29, 0.717) is 6.42 Å². The summed E-state index contributed by atoms with van der Waals surface area (Å²) < 4.78 is 3.14. The summed E-state index contributed by atoms with van der Waals surface area (Å²) in [5.74, 6) is 0.524. The number of ketones is 1. The Kier molecular flexibility index (Phi) is 4.80. The number of hydrogen-bond acceptors (Lipinski definition) is 2. The first-order valence-electron chi connectivity index (χ1n) is 9.98. The van der Waals surface area contributed by atoms with Crippen LogP contribution in [0.2, 0.25) is 0 Å². The summed E-state index contributed by atoms with van der Waals surface area (Å²) in [5, 5.41) is 10.1. The molecule has 0 bridgehead atoms. The minimum absolute atomic E-state index is 0.148. The summed E-state index contributed by atoms with van der Waals surface area (Å²) in [6.45, 7) is 0. The van der Waals surface area contributed by atoms with Crippen molar-refractivity contribution in [2.24, 2.45) is 0 Å². The van der Waals surface area contributed by atoms with E-state index in [1.54, 1.807) is 12.1 Å². The zero-order valence-corrected chi connectivity index (χ0v) is 17.8. The molecule has 4 aromatic rings. The zero-order valence-electron chi connectivity index (χ0n) is 16.3. The molecule has 0 saturated heterocycles. The Bertz CT molecular complexity index is 1230. The Hall–Kier alpha value is -3.11. The summed E-state index contributed by atoms with van der Waals surface area (Å²) in [6, 6.07) is 27.6. The molecule has 5 rings (SSSR count). The van der Waals surface area contributed by atoms with Gasteiger partial charge in [-0.3, -0.25) is 4.79 Å². The highest BCUT2D eigenvalue weighted by Crippen LogP contribution is 2.39. The Labute approximate surface area is 183 Å². The van der Waals surface area contributed by atoms with Crippen LogP contribution in [0.4, 0.5) is 0 Å². The molecule has 1 aliphatic rings. The number of carbonyl (C=O) groups is 1. The van der Waals surface area contributed by atoms with Gasteiger partial charge >= 0.3 is 0 Å². The number of carbonyl (C=O) groups excluding carboxylic acids is 1. The van der Waals surface area contributed by atoms with Gasteiger partial charge in [-0.15, -0.1) is 0 Å². The fourth-order valence-electron chi connectivity index (χ4n) is 4.35. The monoisotopic (exact) mass is 457 g/mol. The van der Waals surface area contributed by atoms with Gasteiger partial charge in [-0.1, -0.05) is 64.5 Å². The van der Waals surface area contributed by atoms with E-state index in [2.05, 4.69) is 32.6 Å². The minimum Gasteiger partial charge on any atom is -0.508 e. The molecular weight excluding hydrogens is 438 g/mol. The molecule has 30 heavy (non-hydrogen) atoms. The second-order valence-corrected chi connectivity index (χ2v) is 8.61. The second-order valence-electron chi connectivity index (χ2n) is 7.69. The lowest BCUT2D eigenvalue weighted by Gasteiger charge is -2.24. The summed E-state index contributed by atoms with van der Waals surface area (Å²) in [5.41, 5.74) is 5.81. The van der Waals surface area contributed by atoms with Gasteiger partial charge in [0.25, 0.3) is 0 Å². The lowest BCUT2D eigenvalue weighted by Crippen LogP contribution is -2.20. The third kappa shape index (κ3) is 3.37. The van der Waals surface area contributed by atoms with Gasteiger partial charge in [-0.05, 0) is 53.8 Å². The Balaban J connectivity index is 1.71. The molecular formula is C26H20BrNO2. The van der Waals surface area contributed by atoms with Crippen molar-refractivity contribution in [3.05, 3.63) is 106 Å². The van der Waals surface area contributed by atoms with E-state index < -0.39 is 0 Å². The number of rotatable bonds is 3. The first-order chi connectivity index (χ1) is 14.6. The first-order valence-corrected chi connectivity index (χ1v) is 10.8. The van der Waals surface area contributed by atoms with Gasteiger partial charge in [-0.2, -0.15) is 0 Å². The number of nitrogens with zero attached hydrogens (tertiary/aromatic N) is 1. The number of hydrogen-bond donors (Lipinski definition) is 1. The highest BCUT2D eigenvalue weighted by atomic mass is 79.9.